The third kappa shape index (κ3) is 6.03. The second-order valence-corrected chi connectivity index (χ2v) is 10.8. The van der Waals surface area contributed by atoms with E-state index in [2.05, 4.69) is 0 Å². The Labute approximate surface area is 196 Å². The summed E-state index contributed by atoms with van der Waals surface area (Å²) < 4.78 is 26.9. The van der Waals surface area contributed by atoms with Crippen LogP contribution in [-0.2, 0) is 14.8 Å². The normalized spacial score (nSPS) is 18.0. The van der Waals surface area contributed by atoms with Crippen molar-refractivity contribution in [3.05, 3.63) is 28.3 Å². The number of piperazine rings is 1. The van der Waals surface area contributed by atoms with Gasteiger partial charge in [-0.25, -0.2) is 8.42 Å². The molecule has 2 fully saturated rings. The molecule has 184 valence electrons. The van der Waals surface area contributed by atoms with Crippen LogP contribution in [0.4, 0.5) is 11.4 Å². The van der Waals surface area contributed by atoms with Gasteiger partial charge in [0.15, 0.2) is 0 Å². The molecule has 0 spiro atoms. The Balaban J connectivity index is 1.65. The van der Waals surface area contributed by atoms with Crippen molar-refractivity contribution >= 4 is 27.3 Å². The maximum atomic E-state index is 12.8. The number of carbonyl (C=O) groups excluding carboxylic acids is 1. The summed E-state index contributed by atoms with van der Waals surface area (Å²) in [6, 6.07) is 4.12. The highest BCUT2D eigenvalue weighted by Gasteiger charge is 2.29. The van der Waals surface area contributed by atoms with Crippen molar-refractivity contribution in [3.63, 3.8) is 0 Å². The third-order valence-corrected chi connectivity index (χ3v) is 9.00. The van der Waals surface area contributed by atoms with Gasteiger partial charge in [-0.2, -0.15) is 4.31 Å². The minimum absolute atomic E-state index is 0.0711. The van der Waals surface area contributed by atoms with Crippen molar-refractivity contribution < 1.29 is 18.1 Å². The van der Waals surface area contributed by atoms with Gasteiger partial charge in [0.25, 0.3) is 5.69 Å². The van der Waals surface area contributed by atoms with E-state index in [0.717, 1.165) is 12.5 Å². The van der Waals surface area contributed by atoms with Gasteiger partial charge in [-0.1, -0.05) is 46.0 Å². The molecule has 1 aromatic carbocycles. The zero-order chi connectivity index (χ0) is 24.0. The highest BCUT2D eigenvalue weighted by molar-refractivity contribution is 7.89. The molecule has 0 aromatic heterocycles. The van der Waals surface area contributed by atoms with Crippen LogP contribution in [0, 0.1) is 16.0 Å². The predicted molar refractivity (Wildman–Crippen MR) is 128 cm³/mol. The molecule has 0 bridgehead atoms. The first-order valence-corrected chi connectivity index (χ1v) is 13.5. The molecule has 9 nitrogen and oxygen atoms in total. The minimum atomic E-state index is -3.78. The topological polar surface area (TPSA) is 104 Å². The summed E-state index contributed by atoms with van der Waals surface area (Å²) in [4.78, 5) is 27.6. The van der Waals surface area contributed by atoms with Crippen LogP contribution in [0.3, 0.4) is 0 Å². The van der Waals surface area contributed by atoms with E-state index in [4.69, 9.17) is 0 Å². The molecule has 1 aromatic rings. The lowest BCUT2D eigenvalue weighted by atomic mass is 9.86. The molecule has 3 rings (SSSR count). The first-order valence-electron chi connectivity index (χ1n) is 12.1. The molecular formula is C23H36N4O5S. The van der Waals surface area contributed by atoms with E-state index in [-0.39, 0.29) is 16.5 Å². The van der Waals surface area contributed by atoms with E-state index in [1.807, 2.05) is 9.80 Å². The summed E-state index contributed by atoms with van der Waals surface area (Å²) in [5.41, 5.74) is 0.174. The summed E-state index contributed by atoms with van der Waals surface area (Å²) >= 11 is 0. The third-order valence-electron chi connectivity index (χ3n) is 6.95. The van der Waals surface area contributed by atoms with Gasteiger partial charge in [0, 0.05) is 51.8 Å². The quantitative estimate of drug-likeness (QED) is 0.395. The van der Waals surface area contributed by atoms with E-state index in [0.29, 0.717) is 57.3 Å². The number of anilines is 1. The van der Waals surface area contributed by atoms with E-state index in [1.165, 1.54) is 48.5 Å². The largest absolute Gasteiger partial charge is 0.362 e. The fourth-order valence-electron chi connectivity index (χ4n) is 4.95. The first kappa shape index (κ1) is 25.4. The fourth-order valence-corrected chi connectivity index (χ4v) is 6.43. The Hall–Kier alpha value is -2.20. The number of amides is 1. The number of nitrogens with zero attached hydrogens (tertiary/aromatic N) is 4. The molecule has 2 aliphatic rings. The number of rotatable bonds is 9. The molecule has 0 N–H and O–H groups in total. The molecule has 1 heterocycles. The highest BCUT2D eigenvalue weighted by atomic mass is 32.2. The summed E-state index contributed by atoms with van der Waals surface area (Å²) in [5, 5.41) is 11.8. The first-order chi connectivity index (χ1) is 15.8. The van der Waals surface area contributed by atoms with Crippen molar-refractivity contribution in [1.82, 2.24) is 9.21 Å². The lowest BCUT2D eigenvalue weighted by Gasteiger charge is -2.36. The standard InChI is InChI=1S/C23H36N4O5S/c1-3-26(4-2)33(31,32)20-11-12-21(22(18-20)27(29)30)24-14-16-25(17-15-24)23(28)13-10-19-8-6-5-7-9-19/h11-12,18-19H,3-10,13-17H2,1-2H3. The van der Waals surface area contributed by atoms with Gasteiger partial charge < -0.3 is 9.80 Å². The van der Waals surface area contributed by atoms with Gasteiger partial charge >= 0.3 is 0 Å². The van der Waals surface area contributed by atoms with E-state index in [1.54, 1.807) is 13.8 Å². The van der Waals surface area contributed by atoms with Gasteiger partial charge in [0.2, 0.25) is 15.9 Å². The van der Waals surface area contributed by atoms with Crippen LogP contribution in [0.25, 0.3) is 0 Å². The second-order valence-electron chi connectivity index (χ2n) is 8.91. The van der Waals surface area contributed by atoms with Crippen LogP contribution in [0.5, 0.6) is 0 Å². The van der Waals surface area contributed by atoms with E-state index < -0.39 is 14.9 Å². The highest BCUT2D eigenvalue weighted by Crippen LogP contribution is 2.33. The summed E-state index contributed by atoms with van der Waals surface area (Å²) in [7, 11) is -3.78. The van der Waals surface area contributed by atoms with Crippen molar-refractivity contribution in [2.45, 2.75) is 63.7 Å². The molecule has 1 saturated heterocycles. The molecule has 0 radical (unpaired) electrons. The van der Waals surface area contributed by atoms with Gasteiger partial charge in [0.05, 0.1) is 9.82 Å². The van der Waals surface area contributed by atoms with Gasteiger partial charge in [-0.15, -0.1) is 0 Å². The smallest absolute Gasteiger partial charge is 0.293 e. The van der Waals surface area contributed by atoms with Crippen LogP contribution >= 0.6 is 0 Å². The lowest BCUT2D eigenvalue weighted by molar-refractivity contribution is -0.384. The molecule has 1 aliphatic heterocycles. The Morgan fingerprint density at radius 1 is 1.09 bits per heavy atom. The van der Waals surface area contributed by atoms with Gasteiger partial charge in [-0.05, 0) is 24.5 Å². The molecule has 0 atom stereocenters. The number of benzene rings is 1. The van der Waals surface area contributed by atoms with Gasteiger partial charge in [0.1, 0.15) is 5.69 Å². The molecular weight excluding hydrogens is 444 g/mol. The summed E-state index contributed by atoms with van der Waals surface area (Å²) in [6.45, 7) is 6.06. The Morgan fingerprint density at radius 2 is 1.73 bits per heavy atom. The molecule has 1 amide bonds. The van der Waals surface area contributed by atoms with Gasteiger partial charge in [-0.3, -0.25) is 14.9 Å². The maximum absolute atomic E-state index is 12.8. The lowest BCUT2D eigenvalue weighted by Crippen LogP contribution is -2.49. The average molecular weight is 481 g/mol. The molecule has 33 heavy (non-hydrogen) atoms. The van der Waals surface area contributed by atoms with Crippen molar-refractivity contribution in [2.24, 2.45) is 5.92 Å². The Morgan fingerprint density at radius 3 is 2.30 bits per heavy atom. The summed E-state index contributed by atoms with van der Waals surface area (Å²) in [6.07, 6.45) is 7.82. The maximum Gasteiger partial charge on any atom is 0.293 e. The Kier molecular flexibility index (Phi) is 8.69. The minimum Gasteiger partial charge on any atom is -0.362 e. The van der Waals surface area contributed by atoms with E-state index in [9.17, 15) is 23.3 Å². The number of carbonyl (C=O) groups is 1. The second kappa shape index (κ2) is 11.3. The number of hydrogen-bond donors (Lipinski definition) is 0. The van der Waals surface area contributed by atoms with E-state index >= 15 is 0 Å². The zero-order valence-corrected chi connectivity index (χ0v) is 20.6. The van der Waals surface area contributed by atoms with Crippen LogP contribution in [0.2, 0.25) is 0 Å². The van der Waals surface area contributed by atoms with Crippen LogP contribution in [-0.4, -0.2) is 67.7 Å². The zero-order valence-electron chi connectivity index (χ0n) is 19.7. The van der Waals surface area contributed by atoms with Crippen molar-refractivity contribution in [2.75, 3.05) is 44.2 Å². The molecule has 1 aliphatic carbocycles. The SMILES string of the molecule is CCN(CC)S(=O)(=O)c1ccc(N2CCN(C(=O)CCC3CCCCC3)CC2)c([N+](=O)[O-])c1. The predicted octanol–water partition coefficient (Wildman–Crippen LogP) is 3.63. The van der Waals surface area contributed by atoms with Crippen molar-refractivity contribution in [1.29, 1.82) is 0 Å². The van der Waals surface area contributed by atoms with Crippen LogP contribution in [0.15, 0.2) is 23.1 Å². The van der Waals surface area contributed by atoms with Crippen LogP contribution < -0.4 is 4.90 Å². The molecule has 1 saturated carbocycles. The number of hydrogen-bond acceptors (Lipinski definition) is 6. The fraction of sp³-hybridized carbons (Fsp3) is 0.696. The Bertz CT molecular complexity index is 934. The molecule has 0 unspecified atom stereocenters. The van der Waals surface area contributed by atoms with Crippen molar-refractivity contribution in [3.8, 4) is 0 Å². The number of sulfonamides is 1. The monoisotopic (exact) mass is 480 g/mol. The van der Waals surface area contributed by atoms with Crippen LogP contribution in [0.1, 0.15) is 58.8 Å². The number of nitro groups is 1. The molecule has 10 heteroatoms. The summed E-state index contributed by atoms with van der Waals surface area (Å²) in [5.74, 6) is 0.827. The average Bonchev–Trinajstić information content (AvgIpc) is 2.83. The number of nitro benzene ring substituents is 1.